The van der Waals surface area contributed by atoms with Crippen LogP contribution >= 0.6 is 0 Å². The maximum atomic E-state index is 11.3. The maximum Gasteiger partial charge on any atom is 0.257 e. The zero-order chi connectivity index (χ0) is 10.3. The molecule has 0 aromatic heterocycles. The molecule has 0 spiro atoms. The van der Waals surface area contributed by atoms with Crippen molar-refractivity contribution in [3.8, 4) is 0 Å². The van der Waals surface area contributed by atoms with Crippen molar-refractivity contribution in [1.82, 2.24) is 5.32 Å². The van der Waals surface area contributed by atoms with E-state index in [1.54, 1.807) is 6.20 Å². The smallest absolute Gasteiger partial charge is 0.257 e. The van der Waals surface area contributed by atoms with Crippen LogP contribution in [0.1, 0.15) is 5.56 Å². The van der Waals surface area contributed by atoms with Crippen molar-refractivity contribution in [3.05, 3.63) is 54.2 Å². The van der Waals surface area contributed by atoms with Crippen LogP contribution in [0.15, 0.2) is 48.7 Å². The van der Waals surface area contributed by atoms with Gasteiger partial charge in [-0.25, -0.2) is 0 Å². The van der Waals surface area contributed by atoms with Gasteiger partial charge in [-0.3, -0.25) is 4.79 Å². The van der Waals surface area contributed by atoms with Gasteiger partial charge in [-0.05, 0) is 16.3 Å². The van der Waals surface area contributed by atoms with Gasteiger partial charge in [0.2, 0.25) is 0 Å². The number of carbonyl (C=O) groups excluding carboxylic acids is 1. The molecule has 1 N–H and O–H groups in total. The van der Waals surface area contributed by atoms with Crippen molar-refractivity contribution >= 4 is 22.3 Å². The second-order valence-corrected chi connectivity index (χ2v) is 3.56. The molecule has 1 amide bonds. The zero-order valence-electron chi connectivity index (χ0n) is 8.03. The molecule has 1 aliphatic heterocycles. The Bertz CT molecular complexity index is 579. The topological polar surface area (TPSA) is 29.1 Å². The molecule has 2 aromatic carbocycles. The SMILES string of the molecule is O=C1NC=C1c1cccc2ccccc12. The summed E-state index contributed by atoms with van der Waals surface area (Å²) in [5, 5.41) is 4.91. The number of nitrogens with one attached hydrogen (secondary N) is 1. The van der Waals surface area contributed by atoms with Crippen LogP contribution in [0.5, 0.6) is 0 Å². The average Bonchev–Trinajstić information content (AvgIpc) is 2.28. The fourth-order valence-electron chi connectivity index (χ4n) is 1.86. The Labute approximate surface area is 87.2 Å². The van der Waals surface area contributed by atoms with Crippen LogP contribution < -0.4 is 5.32 Å². The Hall–Kier alpha value is -2.09. The van der Waals surface area contributed by atoms with Gasteiger partial charge in [0.15, 0.2) is 0 Å². The Balaban J connectivity index is 2.31. The summed E-state index contributed by atoms with van der Waals surface area (Å²) in [4.78, 5) is 11.3. The van der Waals surface area contributed by atoms with E-state index in [0.29, 0.717) is 0 Å². The number of fused-ring (bicyclic) bond motifs is 1. The van der Waals surface area contributed by atoms with Crippen molar-refractivity contribution in [1.29, 1.82) is 0 Å². The fourth-order valence-corrected chi connectivity index (χ4v) is 1.86. The number of amides is 1. The Morgan fingerprint density at radius 2 is 1.73 bits per heavy atom. The van der Waals surface area contributed by atoms with Gasteiger partial charge in [0.1, 0.15) is 0 Å². The van der Waals surface area contributed by atoms with Gasteiger partial charge in [0.05, 0.1) is 5.57 Å². The molecule has 2 nitrogen and oxygen atoms in total. The number of rotatable bonds is 1. The van der Waals surface area contributed by atoms with Crippen LogP contribution in [0.3, 0.4) is 0 Å². The highest BCUT2D eigenvalue weighted by Gasteiger charge is 2.19. The first-order valence-electron chi connectivity index (χ1n) is 4.85. The van der Waals surface area contributed by atoms with Gasteiger partial charge >= 0.3 is 0 Å². The number of hydrogen-bond donors (Lipinski definition) is 1. The summed E-state index contributed by atoms with van der Waals surface area (Å²) >= 11 is 0. The van der Waals surface area contributed by atoms with E-state index in [1.807, 2.05) is 30.3 Å². The maximum absolute atomic E-state index is 11.3. The molecule has 0 bridgehead atoms. The minimum Gasteiger partial charge on any atom is -0.328 e. The highest BCUT2D eigenvalue weighted by atomic mass is 16.2. The van der Waals surface area contributed by atoms with Crippen LogP contribution in [0.4, 0.5) is 0 Å². The van der Waals surface area contributed by atoms with E-state index in [0.717, 1.165) is 21.9 Å². The molecule has 0 saturated heterocycles. The lowest BCUT2D eigenvalue weighted by Gasteiger charge is -2.16. The van der Waals surface area contributed by atoms with Crippen molar-refractivity contribution in [2.45, 2.75) is 0 Å². The predicted octanol–water partition coefficient (Wildman–Crippen LogP) is 2.31. The Kier molecular flexibility index (Phi) is 1.62. The third-order valence-electron chi connectivity index (χ3n) is 2.67. The minimum absolute atomic E-state index is 0.00588. The monoisotopic (exact) mass is 195 g/mol. The van der Waals surface area contributed by atoms with Crippen molar-refractivity contribution in [2.75, 3.05) is 0 Å². The van der Waals surface area contributed by atoms with Crippen LogP contribution in [0, 0.1) is 0 Å². The van der Waals surface area contributed by atoms with Crippen molar-refractivity contribution in [3.63, 3.8) is 0 Å². The van der Waals surface area contributed by atoms with E-state index in [4.69, 9.17) is 0 Å². The first-order chi connectivity index (χ1) is 7.36. The average molecular weight is 195 g/mol. The first kappa shape index (κ1) is 8.24. The summed E-state index contributed by atoms with van der Waals surface area (Å²) in [6, 6.07) is 14.1. The zero-order valence-corrected chi connectivity index (χ0v) is 8.03. The quantitative estimate of drug-likeness (QED) is 0.743. The van der Waals surface area contributed by atoms with Gasteiger partial charge in [-0.15, -0.1) is 0 Å². The Morgan fingerprint density at radius 1 is 0.933 bits per heavy atom. The standard InChI is InChI=1S/C13H9NO/c15-13-12(8-14-13)11-7-3-5-9-4-1-2-6-10(9)11/h1-8H,(H,14,15). The molecule has 0 aliphatic carbocycles. The fraction of sp³-hybridized carbons (Fsp3) is 0. The summed E-state index contributed by atoms with van der Waals surface area (Å²) in [5.74, 6) is 0.00588. The van der Waals surface area contributed by atoms with E-state index in [-0.39, 0.29) is 5.91 Å². The lowest BCUT2D eigenvalue weighted by Crippen LogP contribution is -2.28. The van der Waals surface area contributed by atoms with Crippen LogP contribution in [-0.4, -0.2) is 5.91 Å². The van der Waals surface area contributed by atoms with E-state index in [2.05, 4.69) is 17.4 Å². The largest absolute Gasteiger partial charge is 0.328 e. The van der Waals surface area contributed by atoms with Crippen LogP contribution in [0.2, 0.25) is 0 Å². The van der Waals surface area contributed by atoms with Crippen LogP contribution in [0.25, 0.3) is 16.3 Å². The minimum atomic E-state index is 0.00588. The molecule has 0 unspecified atom stereocenters. The van der Waals surface area contributed by atoms with Crippen LogP contribution in [-0.2, 0) is 4.79 Å². The third-order valence-corrected chi connectivity index (χ3v) is 2.67. The van der Waals surface area contributed by atoms with Crippen molar-refractivity contribution < 1.29 is 4.79 Å². The van der Waals surface area contributed by atoms with E-state index < -0.39 is 0 Å². The van der Waals surface area contributed by atoms with Gasteiger partial charge < -0.3 is 5.32 Å². The molecular weight excluding hydrogens is 186 g/mol. The molecule has 1 aliphatic rings. The molecule has 0 saturated carbocycles. The second-order valence-electron chi connectivity index (χ2n) is 3.56. The summed E-state index contributed by atoms with van der Waals surface area (Å²) in [5.41, 5.74) is 1.78. The van der Waals surface area contributed by atoms with Gasteiger partial charge in [0.25, 0.3) is 5.91 Å². The van der Waals surface area contributed by atoms with Gasteiger partial charge in [-0.1, -0.05) is 42.5 Å². The molecule has 0 atom stereocenters. The summed E-state index contributed by atoms with van der Waals surface area (Å²) in [7, 11) is 0. The molecule has 0 radical (unpaired) electrons. The highest BCUT2D eigenvalue weighted by molar-refractivity contribution is 6.27. The number of carbonyl (C=O) groups is 1. The van der Waals surface area contributed by atoms with Crippen molar-refractivity contribution in [2.24, 2.45) is 0 Å². The lowest BCUT2D eigenvalue weighted by molar-refractivity contribution is -0.115. The Morgan fingerprint density at radius 3 is 2.47 bits per heavy atom. The molecule has 2 heteroatoms. The molecule has 15 heavy (non-hydrogen) atoms. The normalized spacial score (nSPS) is 14.4. The summed E-state index contributed by atoms with van der Waals surface area (Å²) < 4.78 is 0. The second kappa shape index (κ2) is 2.95. The van der Waals surface area contributed by atoms with Gasteiger partial charge in [0, 0.05) is 6.20 Å². The van der Waals surface area contributed by atoms with Gasteiger partial charge in [-0.2, -0.15) is 0 Å². The molecular formula is C13H9NO. The molecule has 1 heterocycles. The summed E-state index contributed by atoms with van der Waals surface area (Å²) in [6.07, 6.45) is 1.75. The van der Waals surface area contributed by atoms with E-state index in [1.165, 1.54) is 0 Å². The number of hydrogen-bond acceptors (Lipinski definition) is 1. The molecule has 3 rings (SSSR count). The lowest BCUT2D eigenvalue weighted by atomic mass is 9.96. The highest BCUT2D eigenvalue weighted by Crippen LogP contribution is 2.27. The van der Waals surface area contributed by atoms with E-state index in [9.17, 15) is 4.79 Å². The predicted molar refractivity (Wildman–Crippen MR) is 60.1 cm³/mol. The molecule has 0 fully saturated rings. The first-order valence-corrected chi connectivity index (χ1v) is 4.85. The summed E-state index contributed by atoms with van der Waals surface area (Å²) in [6.45, 7) is 0. The molecule has 72 valence electrons. The number of benzene rings is 2. The molecule has 2 aromatic rings. The third kappa shape index (κ3) is 1.15. The van der Waals surface area contributed by atoms with E-state index >= 15 is 0 Å².